The molecule has 1 aromatic carbocycles. The topological polar surface area (TPSA) is 41.6 Å². The molecule has 0 radical (unpaired) electrons. The lowest BCUT2D eigenvalue weighted by Gasteiger charge is -1.99. The van der Waals surface area contributed by atoms with Crippen molar-refractivity contribution in [3.63, 3.8) is 0 Å². The molecule has 0 aliphatic rings. The Morgan fingerprint density at radius 3 is 2.57 bits per heavy atom. The van der Waals surface area contributed by atoms with E-state index in [4.69, 9.17) is 5.26 Å². The molecule has 0 amide bonds. The van der Waals surface area contributed by atoms with Crippen LogP contribution in [0.2, 0.25) is 0 Å². The predicted octanol–water partition coefficient (Wildman–Crippen LogP) is 2.51. The Labute approximate surface area is 89.7 Å². The second-order valence-electron chi connectivity index (χ2n) is 2.76. The van der Waals surface area contributed by atoms with Crippen LogP contribution in [0.15, 0.2) is 41.1 Å². The van der Waals surface area contributed by atoms with Gasteiger partial charge >= 0.3 is 0 Å². The average molecular weight is 248 g/mol. The first kappa shape index (κ1) is 8.97. The standard InChI is InChI=1S/C10H6BrN3/c11-9-1-3-10(4-2-9)14-7-8(5-12)6-13-14/h1-4,6-7H. The van der Waals surface area contributed by atoms with Gasteiger partial charge in [0.25, 0.3) is 0 Å². The van der Waals surface area contributed by atoms with Gasteiger partial charge in [0.1, 0.15) is 6.07 Å². The van der Waals surface area contributed by atoms with Gasteiger partial charge in [-0.05, 0) is 24.3 Å². The number of nitrogens with zero attached hydrogens (tertiary/aromatic N) is 3. The van der Waals surface area contributed by atoms with Crippen molar-refractivity contribution in [2.75, 3.05) is 0 Å². The van der Waals surface area contributed by atoms with E-state index in [9.17, 15) is 0 Å². The molecular weight excluding hydrogens is 242 g/mol. The van der Waals surface area contributed by atoms with Crippen LogP contribution < -0.4 is 0 Å². The maximum atomic E-state index is 8.63. The summed E-state index contributed by atoms with van der Waals surface area (Å²) in [6, 6.07) is 9.76. The van der Waals surface area contributed by atoms with E-state index < -0.39 is 0 Å². The van der Waals surface area contributed by atoms with Gasteiger partial charge in [-0.2, -0.15) is 10.4 Å². The Hall–Kier alpha value is -1.60. The highest BCUT2D eigenvalue weighted by atomic mass is 79.9. The quantitative estimate of drug-likeness (QED) is 0.777. The Bertz CT molecular complexity index is 479. The first-order chi connectivity index (χ1) is 6.79. The van der Waals surface area contributed by atoms with Crippen molar-refractivity contribution in [1.29, 1.82) is 5.26 Å². The summed E-state index contributed by atoms with van der Waals surface area (Å²) >= 11 is 3.35. The zero-order chi connectivity index (χ0) is 9.97. The molecule has 68 valence electrons. The van der Waals surface area contributed by atoms with E-state index in [1.165, 1.54) is 0 Å². The second kappa shape index (κ2) is 3.64. The van der Waals surface area contributed by atoms with E-state index in [0.717, 1.165) is 10.2 Å². The smallest absolute Gasteiger partial charge is 0.102 e. The Kier molecular flexibility index (Phi) is 2.33. The van der Waals surface area contributed by atoms with Gasteiger partial charge in [0.05, 0.1) is 17.4 Å². The normalized spacial score (nSPS) is 9.71. The highest BCUT2D eigenvalue weighted by Gasteiger charge is 1.99. The lowest BCUT2D eigenvalue weighted by Crippen LogP contribution is -1.92. The minimum atomic E-state index is 0.563. The predicted molar refractivity (Wildman–Crippen MR) is 56.0 cm³/mol. The minimum absolute atomic E-state index is 0.563. The lowest BCUT2D eigenvalue weighted by atomic mass is 10.3. The maximum absolute atomic E-state index is 8.63. The van der Waals surface area contributed by atoms with Crippen molar-refractivity contribution < 1.29 is 0 Å². The van der Waals surface area contributed by atoms with Gasteiger partial charge < -0.3 is 0 Å². The van der Waals surface area contributed by atoms with Gasteiger partial charge in [-0.1, -0.05) is 15.9 Å². The Morgan fingerprint density at radius 1 is 1.29 bits per heavy atom. The summed E-state index contributed by atoms with van der Waals surface area (Å²) in [4.78, 5) is 0. The number of benzene rings is 1. The number of aromatic nitrogens is 2. The van der Waals surface area contributed by atoms with Crippen LogP contribution in [0.3, 0.4) is 0 Å². The van der Waals surface area contributed by atoms with Gasteiger partial charge in [0, 0.05) is 10.7 Å². The van der Waals surface area contributed by atoms with Gasteiger partial charge in [0.2, 0.25) is 0 Å². The molecule has 14 heavy (non-hydrogen) atoms. The summed E-state index contributed by atoms with van der Waals surface area (Å²) in [6.07, 6.45) is 3.24. The largest absolute Gasteiger partial charge is 0.240 e. The fraction of sp³-hybridized carbons (Fsp3) is 0. The van der Waals surface area contributed by atoms with Gasteiger partial charge in [-0.15, -0.1) is 0 Å². The van der Waals surface area contributed by atoms with Crippen LogP contribution in [-0.4, -0.2) is 9.78 Å². The van der Waals surface area contributed by atoms with Crippen LogP contribution in [0.25, 0.3) is 5.69 Å². The molecule has 0 atom stereocenters. The molecular formula is C10H6BrN3. The molecule has 2 rings (SSSR count). The average Bonchev–Trinajstić information content (AvgIpc) is 2.67. The van der Waals surface area contributed by atoms with E-state index in [1.807, 2.05) is 30.3 Å². The third-order valence-corrected chi connectivity index (χ3v) is 2.33. The number of halogens is 1. The van der Waals surface area contributed by atoms with Crippen LogP contribution in [0.1, 0.15) is 5.56 Å². The second-order valence-corrected chi connectivity index (χ2v) is 3.68. The van der Waals surface area contributed by atoms with E-state index in [-0.39, 0.29) is 0 Å². The highest BCUT2D eigenvalue weighted by molar-refractivity contribution is 9.10. The minimum Gasteiger partial charge on any atom is -0.240 e. The number of hydrogen-bond donors (Lipinski definition) is 0. The fourth-order valence-electron chi connectivity index (χ4n) is 1.12. The summed E-state index contributed by atoms with van der Waals surface area (Å²) in [7, 11) is 0. The number of nitriles is 1. The Balaban J connectivity index is 2.40. The molecule has 0 aliphatic heterocycles. The molecule has 0 saturated carbocycles. The molecule has 0 bridgehead atoms. The molecule has 0 N–H and O–H groups in total. The highest BCUT2D eigenvalue weighted by Crippen LogP contribution is 2.13. The molecule has 3 nitrogen and oxygen atoms in total. The summed E-state index contributed by atoms with van der Waals surface area (Å²) in [5.74, 6) is 0. The third kappa shape index (κ3) is 1.68. The zero-order valence-electron chi connectivity index (χ0n) is 7.18. The van der Waals surface area contributed by atoms with E-state index >= 15 is 0 Å². The van der Waals surface area contributed by atoms with Crippen molar-refractivity contribution in [3.05, 3.63) is 46.7 Å². The molecule has 0 spiro atoms. The van der Waals surface area contributed by atoms with E-state index in [2.05, 4.69) is 21.0 Å². The van der Waals surface area contributed by atoms with Crippen LogP contribution in [0, 0.1) is 11.3 Å². The van der Waals surface area contributed by atoms with Crippen LogP contribution >= 0.6 is 15.9 Å². The van der Waals surface area contributed by atoms with Crippen molar-refractivity contribution in [1.82, 2.24) is 9.78 Å². The SMILES string of the molecule is N#Cc1cnn(-c2ccc(Br)cc2)c1. The van der Waals surface area contributed by atoms with Crippen LogP contribution in [-0.2, 0) is 0 Å². The van der Waals surface area contributed by atoms with Crippen molar-refractivity contribution in [2.24, 2.45) is 0 Å². The van der Waals surface area contributed by atoms with E-state index in [0.29, 0.717) is 5.56 Å². The van der Waals surface area contributed by atoms with Crippen molar-refractivity contribution in [2.45, 2.75) is 0 Å². The molecule has 4 heteroatoms. The molecule has 0 saturated heterocycles. The maximum Gasteiger partial charge on any atom is 0.102 e. The summed E-state index contributed by atoms with van der Waals surface area (Å²) in [5.41, 5.74) is 1.50. The molecule has 0 unspecified atom stereocenters. The molecule has 0 aliphatic carbocycles. The third-order valence-electron chi connectivity index (χ3n) is 1.80. The molecule has 1 heterocycles. The van der Waals surface area contributed by atoms with Gasteiger partial charge in [-0.25, -0.2) is 4.68 Å². The first-order valence-electron chi connectivity index (χ1n) is 4.00. The molecule has 1 aromatic heterocycles. The monoisotopic (exact) mass is 247 g/mol. The molecule has 0 fully saturated rings. The number of hydrogen-bond acceptors (Lipinski definition) is 2. The summed E-state index contributed by atoms with van der Waals surface area (Å²) < 4.78 is 2.69. The molecule has 2 aromatic rings. The van der Waals surface area contributed by atoms with Gasteiger partial charge in [0.15, 0.2) is 0 Å². The first-order valence-corrected chi connectivity index (χ1v) is 4.79. The summed E-state index contributed by atoms with van der Waals surface area (Å²) in [6.45, 7) is 0. The van der Waals surface area contributed by atoms with E-state index in [1.54, 1.807) is 17.1 Å². The van der Waals surface area contributed by atoms with Crippen LogP contribution in [0.4, 0.5) is 0 Å². The zero-order valence-corrected chi connectivity index (χ0v) is 8.77. The van der Waals surface area contributed by atoms with Crippen LogP contribution in [0.5, 0.6) is 0 Å². The van der Waals surface area contributed by atoms with Crippen molar-refractivity contribution >= 4 is 15.9 Å². The van der Waals surface area contributed by atoms with Gasteiger partial charge in [-0.3, -0.25) is 0 Å². The fourth-order valence-corrected chi connectivity index (χ4v) is 1.38. The number of rotatable bonds is 1. The lowest BCUT2D eigenvalue weighted by molar-refractivity contribution is 0.880. The Morgan fingerprint density at radius 2 is 2.00 bits per heavy atom. The summed E-state index contributed by atoms with van der Waals surface area (Å²) in [5, 5.41) is 12.7. The van der Waals surface area contributed by atoms with Crippen molar-refractivity contribution in [3.8, 4) is 11.8 Å².